The summed E-state index contributed by atoms with van der Waals surface area (Å²) in [6.45, 7) is 0.0878. The number of hydrogen-bond donors (Lipinski definition) is 3. The van der Waals surface area contributed by atoms with Crippen LogP contribution in [-0.2, 0) is 4.79 Å². The third-order valence-corrected chi connectivity index (χ3v) is 3.07. The lowest BCUT2D eigenvalue weighted by molar-refractivity contribution is -0.137. The molecule has 1 rings (SSSR count). The molecule has 0 radical (unpaired) electrons. The van der Waals surface area contributed by atoms with Crippen LogP contribution in [0.3, 0.4) is 0 Å². The molecular weight excluding hydrogens is 333 g/mol. The summed E-state index contributed by atoms with van der Waals surface area (Å²) in [5, 5.41) is 20.8. The van der Waals surface area contributed by atoms with Gasteiger partial charge >= 0.3 is 5.97 Å². The maximum Gasteiger partial charge on any atom is 0.305 e. The normalized spacial score (nSPS) is 12.1. The first-order chi connectivity index (χ1) is 8.11. The molecule has 0 aliphatic rings. The summed E-state index contributed by atoms with van der Waals surface area (Å²) in [6, 6.07) is 7.64. The van der Waals surface area contributed by atoms with Crippen LogP contribution in [0.25, 0.3) is 0 Å². The Kier molecular flexibility index (Phi) is 6.28. The number of hydrogen-bond acceptors (Lipinski definition) is 3. The molecule has 1 aromatic carbocycles. The zero-order valence-electron chi connectivity index (χ0n) is 9.40. The van der Waals surface area contributed by atoms with Gasteiger partial charge in [0.15, 0.2) is 0 Å². The number of aliphatic hydroxyl groups excluding tert-OH is 1. The summed E-state index contributed by atoms with van der Waals surface area (Å²) in [5.74, 6) is -0.828. The fourth-order valence-corrected chi connectivity index (χ4v) is 1.92. The summed E-state index contributed by atoms with van der Waals surface area (Å²) in [4.78, 5) is 10.7. The Morgan fingerprint density at radius 3 is 2.53 bits per heavy atom. The summed E-state index contributed by atoms with van der Waals surface area (Å²) in [6.07, 6.45) is 1.32. The number of rotatable bonds is 7. The van der Waals surface area contributed by atoms with Gasteiger partial charge in [0.05, 0.1) is 6.42 Å². The van der Waals surface area contributed by atoms with Gasteiger partial charge in [-0.2, -0.15) is 0 Å². The van der Waals surface area contributed by atoms with Crippen LogP contribution in [0.5, 0.6) is 0 Å². The van der Waals surface area contributed by atoms with E-state index in [4.69, 9.17) is 10.2 Å². The van der Waals surface area contributed by atoms with E-state index in [0.29, 0.717) is 12.8 Å². The lowest BCUT2D eigenvalue weighted by atomic mass is 10.1. The molecule has 0 aliphatic carbocycles. The summed E-state index contributed by atoms with van der Waals surface area (Å²) < 4.78 is 1.14. The molecule has 0 bridgehead atoms. The van der Waals surface area contributed by atoms with Crippen LogP contribution in [0, 0.1) is 3.57 Å². The Morgan fingerprint density at radius 2 is 2.00 bits per heavy atom. The van der Waals surface area contributed by atoms with E-state index in [1.165, 1.54) is 0 Å². The van der Waals surface area contributed by atoms with Crippen LogP contribution >= 0.6 is 22.6 Å². The first-order valence-corrected chi connectivity index (χ1v) is 6.54. The number of anilines is 1. The second kappa shape index (κ2) is 7.50. The smallest absolute Gasteiger partial charge is 0.305 e. The molecule has 17 heavy (non-hydrogen) atoms. The molecule has 0 spiro atoms. The van der Waals surface area contributed by atoms with Gasteiger partial charge in [0.1, 0.15) is 0 Å². The molecule has 94 valence electrons. The van der Waals surface area contributed by atoms with E-state index in [2.05, 4.69) is 27.9 Å². The summed E-state index contributed by atoms with van der Waals surface area (Å²) in [5.41, 5.74) is 0.912. The zero-order chi connectivity index (χ0) is 12.7. The largest absolute Gasteiger partial charge is 0.481 e. The predicted molar refractivity (Wildman–Crippen MR) is 75.1 cm³/mol. The average Bonchev–Trinajstić information content (AvgIpc) is 2.28. The van der Waals surface area contributed by atoms with Crippen molar-refractivity contribution in [3.8, 4) is 0 Å². The SMILES string of the molecule is O=C(O)C[C@H](CCCO)Nc1ccc(I)cc1. The van der Waals surface area contributed by atoms with Crippen molar-refractivity contribution in [3.05, 3.63) is 27.8 Å². The number of halogens is 1. The molecule has 3 N–H and O–H groups in total. The molecule has 0 saturated carbocycles. The molecule has 0 heterocycles. The minimum Gasteiger partial charge on any atom is -0.481 e. The van der Waals surface area contributed by atoms with E-state index in [1.807, 2.05) is 24.3 Å². The number of carboxylic acid groups (broad SMARTS) is 1. The van der Waals surface area contributed by atoms with E-state index >= 15 is 0 Å². The molecule has 0 unspecified atom stereocenters. The average molecular weight is 349 g/mol. The van der Waals surface area contributed by atoms with Crippen molar-refractivity contribution in [2.75, 3.05) is 11.9 Å². The summed E-state index contributed by atoms with van der Waals surface area (Å²) >= 11 is 2.22. The minimum atomic E-state index is -0.828. The van der Waals surface area contributed by atoms with E-state index in [9.17, 15) is 4.79 Å². The van der Waals surface area contributed by atoms with Crippen molar-refractivity contribution >= 4 is 34.2 Å². The standard InChI is InChI=1S/C12H16INO3/c13-9-3-5-10(6-4-9)14-11(2-1-7-15)8-12(16)17/h3-6,11,14-15H,1-2,7-8H2,(H,16,17)/t11-/m0/s1. The van der Waals surface area contributed by atoms with Gasteiger partial charge in [0.2, 0.25) is 0 Å². The molecule has 5 heteroatoms. The molecule has 0 aromatic heterocycles. The van der Waals surface area contributed by atoms with Gasteiger partial charge < -0.3 is 15.5 Å². The van der Waals surface area contributed by atoms with E-state index in [-0.39, 0.29) is 19.1 Å². The third kappa shape index (κ3) is 5.88. The highest BCUT2D eigenvalue weighted by Crippen LogP contribution is 2.15. The second-order valence-corrected chi connectivity index (χ2v) is 5.06. The third-order valence-electron chi connectivity index (χ3n) is 2.35. The van der Waals surface area contributed by atoms with Gasteiger partial charge in [-0.05, 0) is 59.7 Å². The second-order valence-electron chi connectivity index (χ2n) is 3.81. The van der Waals surface area contributed by atoms with Crippen molar-refractivity contribution in [3.63, 3.8) is 0 Å². The molecule has 0 aliphatic heterocycles. The molecule has 0 amide bonds. The maximum atomic E-state index is 10.7. The van der Waals surface area contributed by atoms with Crippen LogP contribution in [0.15, 0.2) is 24.3 Å². The number of carbonyl (C=O) groups is 1. The van der Waals surface area contributed by atoms with Crippen molar-refractivity contribution in [2.24, 2.45) is 0 Å². The highest BCUT2D eigenvalue weighted by atomic mass is 127. The van der Waals surface area contributed by atoms with Crippen LogP contribution in [-0.4, -0.2) is 28.8 Å². The predicted octanol–water partition coefficient (Wildman–Crippen LogP) is 2.32. The first kappa shape index (κ1) is 14.2. The number of carboxylic acids is 1. The Bertz CT molecular complexity index is 353. The molecule has 1 atom stereocenters. The molecule has 1 aromatic rings. The first-order valence-electron chi connectivity index (χ1n) is 5.46. The number of nitrogens with one attached hydrogen (secondary N) is 1. The van der Waals surface area contributed by atoms with E-state index in [0.717, 1.165) is 9.26 Å². The number of aliphatic carboxylic acids is 1. The molecule has 0 saturated heterocycles. The highest BCUT2D eigenvalue weighted by molar-refractivity contribution is 14.1. The van der Waals surface area contributed by atoms with Crippen molar-refractivity contribution < 1.29 is 15.0 Å². The van der Waals surface area contributed by atoms with Gasteiger partial charge in [-0.25, -0.2) is 0 Å². The lowest BCUT2D eigenvalue weighted by Gasteiger charge is -2.17. The van der Waals surface area contributed by atoms with Crippen molar-refractivity contribution in [2.45, 2.75) is 25.3 Å². The van der Waals surface area contributed by atoms with E-state index in [1.54, 1.807) is 0 Å². The summed E-state index contributed by atoms with van der Waals surface area (Å²) in [7, 11) is 0. The lowest BCUT2D eigenvalue weighted by Crippen LogP contribution is -2.23. The number of benzene rings is 1. The van der Waals surface area contributed by atoms with Gasteiger partial charge in [0, 0.05) is 21.9 Å². The fourth-order valence-electron chi connectivity index (χ4n) is 1.56. The maximum absolute atomic E-state index is 10.7. The Hall–Kier alpha value is -0.820. The monoisotopic (exact) mass is 349 g/mol. The van der Waals surface area contributed by atoms with Crippen molar-refractivity contribution in [1.29, 1.82) is 0 Å². The van der Waals surface area contributed by atoms with Crippen LogP contribution in [0.1, 0.15) is 19.3 Å². The van der Waals surface area contributed by atoms with Crippen molar-refractivity contribution in [1.82, 2.24) is 0 Å². The Balaban J connectivity index is 2.57. The Labute approximate surface area is 114 Å². The zero-order valence-corrected chi connectivity index (χ0v) is 11.6. The van der Waals surface area contributed by atoms with E-state index < -0.39 is 5.97 Å². The van der Waals surface area contributed by atoms with Crippen LogP contribution < -0.4 is 5.32 Å². The van der Waals surface area contributed by atoms with Gasteiger partial charge in [-0.3, -0.25) is 4.79 Å². The van der Waals surface area contributed by atoms with Gasteiger partial charge in [-0.1, -0.05) is 0 Å². The molecule has 4 nitrogen and oxygen atoms in total. The highest BCUT2D eigenvalue weighted by Gasteiger charge is 2.12. The number of aliphatic hydroxyl groups is 1. The quantitative estimate of drug-likeness (QED) is 0.661. The van der Waals surface area contributed by atoms with Crippen LogP contribution in [0.4, 0.5) is 5.69 Å². The fraction of sp³-hybridized carbons (Fsp3) is 0.417. The minimum absolute atomic E-state index is 0.0615. The topological polar surface area (TPSA) is 69.6 Å². The Morgan fingerprint density at radius 1 is 1.35 bits per heavy atom. The molecule has 0 fully saturated rings. The van der Waals surface area contributed by atoms with Gasteiger partial charge in [0.25, 0.3) is 0 Å². The molecular formula is C12H16INO3. The van der Waals surface area contributed by atoms with Gasteiger partial charge in [-0.15, -0.1) is 0 Å². The van der Waals surface area contributed by atoms with Crippen LogP contribution in [0.2, 0.25) is 0 Å².